The second-order valence-electron chi connectivity index (χ2n) is 3.01. The Hall–Kier alpha value is -0.280. The molecule has 0 amide bonds. The van der Waals surface area contributed by atoms with Gasteiger partial charge in [-0.05, 0) is 17.7 Å². The summed E-state index contributed by atoms with van der Waals surface area (Å²) in [7, 11) is 1.54. The first-order valence-electron chi connectivity index (χ1n) is 4.25. The highest BCUT2D eigenvalue weighted by Gasteiger charge is 2.11. The van der Waals surface area contributed by atoms with Crippen molar-refractivity contribution in [1.82, 2.24) is 0 Å². The van der Waals surface area contributed by atoms with E-state index in [-0.39, 0.29) is 6.61 Å². The van der Waals surface area contributed by atoms with Crippen molar-refractivity contribution in [2.24, 2.45) is 0 Å². The molecule has 1 unspecified atom stereocenters. The van der Waals surface area contributed by atoms with Gasteiger partial charge in [0.15, 0.2) is 0 Å². The summed E-state index contributed by atoms with van der Waals surface area (Å²) >= 11 is 11.9. The minimum Gasteiger partial charge on any atom is -0.390 e. The molecule has 0 saturated carbocycles. The molecule has 0 bridgehead atoms. The minimum atomic E-state index is -0.572. The number of ether oxygens (including phenoxy) is 1. The van der Waals surface area contributed by atoms with E-state index in [9.17, 15) is 5.11 Å². The van der Waals surface area contributed by atoms with Gasteiger partial charge in [0.05, 0.1) is 12.7 Å². The number of aliphatic hydroxyl groups excluding tert-OH is 1. The maximum atomic E-state index is 9.51. The zero-order valence-electron chi connectivity index (χ0n) is 7.84. The molecule has 1 rings (SSSR count). The van der Waals surface area contributed by atoms with Gasteiger partial charge in [-0.1, -0.05) is 29.3 Å². The maximum absolute atomic E-state index is 9.51. The topological polar surface area (TPSA) is 29.5 Å². The summed E-state index contributed by atoms with van der Waals surface area (Å²) < 4.78 is 4.82. The molecule has 1 N–H and O–H groups in total. The molecule has 2 nitrogen and oxygen atoms in total. The molecule has 0 aliphatic heterocycles. The quantitative estimate of drug-likeness (QED) is 0.868. The number of aliphatic hydroxyl groups is 1. The predicted molar refractivity (Wildman–Crippen MR) is 58.0 cm³/mol. The molecule has 0 radical (unpaired) electrons. The zero-order chi connectivity index (χ0) is 10.6. The van der Waals surface area contributed by atoms with E-state index < -0.39 is 6.10 Å². The van der Waals surface area contributed by atoms with Gasteiger partial charge >= 0.3 is 0 Å². The first kappa shape index (κ1) is 11.8. The van der Waals surface area contributed by atoms with Gasteiger partial charge in [-0.15, -0.1) is 0 Å². The van der Waals surface area contributed by atoms with Gasteiger partial charge < -0.3 is 9.84 Å². The smallest absolute Gasteiger partial charge is 0.0814 e. The van der Waals surface area contributed by atoms with E-state index >= 15 is 0 Å². The molecule has 0 spiro atoms. The third-order valence-corrected chi connectivity index (χ3v) is 2.57. The van der Waals surface area contributed by atoms with Crippen molar-refractivity contribution in [1.29, 1.82) is 0 Å². The number of rotatable bonds is 4. The molecule has 0 heterocycles. The van der Waals surface area contributed by atoms with Crippen LogP contribution in [0, 0.1) is 0 Å². The second-order valence-corrected chi connectivity index (χ2v) is 3.83. The second kappa shape index (κ2) is 5.56. The van der Waals surface area contributed by atoms with E-state index in [1.165, 1.54) is 7.11 Å². The van der Waals surface area contributed by atoms with E-state index in [4.69, 9.17) is 27.9 Å². The van der Waals surface area contributed by atoms with Crippen LogP contribution in [-0.2, 0) is 11.2 Å². The Morgan fingerprint density at radius 2 is 1.93 bits per heavy atom. The average molecular weight is 235 g/mol. The monoisotopic (exact) mass is 234 g/mol. The molecule has 0 saturated heterocycles. The number of methoxy groups -OCH3 is 1. The molecule has 14 heavy (non-hydrogen) atoms. The average Bonchev–Trinajstić information content (AvgIpc) is 2.12. The van der Waals surface area contributed by atoms with Gasteiger partial charge in [0, 0.05) is 23.6 Å². The largest absolute Gasteiger partial charge is 0.390 e. The summed E-state index contributed by atoms with van der Waals surface area (Å²) in [6.07, 6.45) is -0.163. The van der Waals surface area contributed by atoms with Crippen LogP contribution >= 0.6 is 23.2 Å². The van der Waals surface area contributed by atoms with E-state index in [0.717, 1.165) is 5.56 Å². The number of hydrogen-bond acceptors (Lipinski definition) is 2. The molecular formula is C10H12Cl2O2. The molecular weight excluding hydrogens is 223 g/mol. The third kappa shape index (κ3) is 3.14. The van der Waals surface area contributed by atoms with Crippen molar-refractivity contribution in [3.63, 3.8) is 0 Å². The van der Waals surface area contributed by atoms with E-state index in [1.54, 1.807) is 18.2 Å². The summed E-state index contributed by atoms with van der Waals surface area (Å²) in [4.78, 5) is 0. The zero-order valence-corrected chi connectivity index (χ0v) is 9.35. The van der Waals surface area contributed by atoms with Crippen LogP contribution in [0.3, 0.4) is 0 Å². The fraction of sp³-hybridized carbons (Fsp3) is 0.400. The van der Waals surface area contributed by atoms with Crippen LogP contribution < -0.4 is 0 Å². The SMILES string of the molecule is COCC(O)Cc1c(Cl)cccc1Cl. The molecule has 4 heteroatoms. The van der Waals surface area contributed by atoms with Gasteiger partial charge in [0.1, 0.15) is 0 Å². The van der Waals surface area contributed by atoms with Crippen molar-refractivity contribution in [2.75, 3.05) is 13.7 Å². The summed E-state index contributed by atoms with van der Waals surface area (Å²) in [6, 6.07) is 5.28. The predicted octanol–water partition coefficient (Wildman–Crippen LogP) is 2.54. The van der Waals surface area contributed by atoms with Gasteiger partial charge in [-0.2, -0.15) is 0 Å². The standard InChI is InChI=1S/C10H12Cl2O2/c1-14-6-7(13)5-8-9(11)3-2-4-10(8)12/h2-4,7,13H,5-6H2,1H3. The molecule has 0 aromatic heterocycles. The molecule has 0 fully saturated rings. The number of benzene rings is 1. The third-order valence-electron chi connectivity index (χ3n) is 1.86. The molecule has 0 aliphatic rings. The molecule has 1 aromatic carbocycles. The highest BCUT2D eigenvalue weighted by Crippen LogP contribution is 2.25. The van der Waals surface area contributed by atoms with Gasteiger partial charge in [-0.25, -0.2) is 0 Å². The van der Waals surface area contributed by atoms with E-state index in [1.807, 2.05) is 0 Å². The highest BCUT2D eigenvalue weighted by molar-refractivity contribution is 6.35. The summed E-state index contributed by atoms with van der Waals surface area (Å²) in [5.41, 5.74) is 0.764. The Balaban J connectivity index is 2.75. The van der Waals surface area contributed by atoms with Crippen molar-refractivity contribution in [3.8, 4) is 0 Å². The lowest BCUT2D eigenvalue weighted by atomic mass is 10.1. The van der Waals surface area contributed by atoms with E-state index in [2.05, 4.69) is 0 Å². The Kier molecular flexibility index (Phi) is 4.69. The van der Waals surface area contributed by atoms with Gasteiger partial charge in [0.2, 0.25) is 0 Å². The lowest BCUT2D eigenvalue weighted by Gasteiger charge is -2.11. The summed E-state index contributed by atoms with van der Waals surface area (Å²) in [6.45, 7) is 0.279. The van der Waals surface area contributed by atoms with Crippen LogP contribution in [0.1, 0.15) is 5.56 Å². The summed E-state index contributed by atoms with van der Waals surface area (Å²) in [5.74, 6) is 0. The van der Waals surface area contributed by atoms with E-state index in [0.29, 0.717) is 16.5 Å². The Morgan fingerprint density at radius 3 is 2.43 bits per heavy atom. The summed E-state index contributed by atoms with van der Waals surface area (Å²) in [5, 5.41) is 10.7. The fourth-order valence-corrected chi connectivity index (χ4v) is 1.77. The lowest BCUT2D eigenvalue weighted by Crippen LogP contribution is -2.17. The molecule has 78 valence electrons. The lowest BCUT2D eigenvalue weighted by molar-refractivity contribution is 0.0650. The highest BCUT2D eigenvalue weighted by atomic mass is 35.5. The van der Waals surface area contributed by atoms with Crippen LogP contribution in [0.5, 0.6) is 0 Å². The number of hydrogen-bond donors (Lipinski definition) is 1. The van der Waals surface area contributed by atoms with Crippen LogP contribution in [0.25, 0.3) is 0 Å². The van der Waals surface area contributed by atoms with Crippen molar-refractivity contribution in [2.45, 2.75) is 12.5 Å². The van der Waals surface area contributed by atoms with Crippen LogP contribution in [0.4, 0.5) is 0 Å². The van der Waals surface area contributed by atoms with Gasteiger partial charge in [-0.3, -0.25) is 0 Å². The number of halogens is 2. The van der Waals surface area contributed by atoms with Crippen LogP contribution in [0.15, 0.2) is 18.2 Å². The van der Waals surface area contributed by atoms with Crippen LogP contribution in [0.2, 0.25) is 10.0 Å². The van der Waals surface area contributed by atoms with Crippen LogP contribution in [-0.4, -0.2) is 24.9 Å². The molecule has 1 aromatic rings. The van der Waals surface area contributed by atoms with Crippen molar-refractivity contribution >= 4 is 23.2 Å². The Bertz CT molecular complexity index is 282. The normalized spacial score (nSPS) is 12.9. The van der Waals surface area contributed by atoms with Crippen molar-refractivity contribution < 1.29 is 9.84 Å². The first-order chi connectivity index (χ1) is 6.65. The molecule has 0 aliphatic carbocycles. The fourth-order valence-electron chi connectivity index (χ4n) is 1.21. The minimum absolute atomic E-state index is 0.279. The Morgan fingerprint density at radius 1 is 1.36 bits per heavy atom. The van der Waals surface area contributed by atoms with Crippen molar-refractivity contribution in [3.05, 3.63) is 33.8 Å². The Labute approximate surface area is 93.4 Å². The first-order valence-corrected chi connectivity index (χ1v) is 5.00. The molecule has 1 atom stereocenters. The van der Waals surface area contributed by atoms with Gasteiger partial charge in [0.25, 0.3) is 0 Å². The maximum Gasteiger partial charge on any atom is 0.0814 e.